The number of ether oxygens (including phenoxy) is 1. The third-order valence-electron chi connectivity index (χ3n) is 11.2. The van der Waals surface area contributed by atoms with E-state index in [1.54, 1.807) is 47.4 Å². The van der Waals surface area contributed by atoms with Crippen LogP contribution in [0.3, 0.4) is 0 Å². The number of carbonyl (C=O) groups excluding carboxylic acids is 5. The molecule has 5 rings (SSSR count). The molecule has 4 aromatic rings. The van der Waals surface area contributed by atoms with Crippen molar-refractivity contribution in [3.05, 3.63) is 131 Å². The summed E-state index contributed by atoms with van der Waals surface area (Å²) in [6.45, 7) is 0.871. The van der Waals surface area contributed by atoms with Crippen LogP contribution in [0.2, 0.25) is 0 Å². The third-order valence-corrected chi connectivity index (χ3v) is 11.2. The zero-order valence-corrected chi connectivity index (χ0v) is 38.1. The predicted molar refractivity (Wildman–Crippen MR) is 253 cm³/mol. The van der Waals surface area contributed by atoms with Gasteiger partial charge in [-0.3, -0.25) is 45.0 Å². The van der Waals surface area contributed by atoms with E-state index in [9.17, 15) is 33.9 Å². The molecule has 67 heavy (non-hydrogen) atoms. The van der Waals surface area contributed by atoms with Gasteiger partial charge in [-0.2, -0.15) is 0 Å². The van der Waals surface area contributed by atoms with Gasteiger partial charge < -0.3 is 20.5 Å². The zero-order chi connectivity index (χ0) is 48.1. The van der Waals surface area contributed by atoms with Crippen LogP contribution in [0, 0.1) is 0 Å². The van der Waals surface area contributed by atoms with Crippen molar-refractivity contribution in [2.45, 2.75) is 134 Å². The number of rotatable bonds is 27. The van der Waals surface area contributed by atoms with Gasteiger partial charge in [-0.15, -0.1) is 0 Å². The van der Waals surface area contributed by atoms with Gasteiger partial charge >= 0.3 is 11.9 Å². The van der Waals surface area contributed by atoms with Crippen molar-refractivity contribution >= 4 is 46.9 Å². The van der Waals surface area contributed by atoms with Crippen LogP contribution in [0.15, 0.2) is 109 Å². The first kappa shape index (κ1) is 53.2. The molecule has 16 nitrogen and oxygen atoms in total. The largest absolute Gasteiger partial charge is 0.480 e. The van der Waals surface area contributed by atoms with Gasteiger partial charge in [-0.25, -0.2) is 15.8 Å². The number of carboxylic acid groups (broad SMARTS) is 1. The van der Waals surface area contributed by atoms with E-state index in [4.69, 9.17) is 15.2 Å². The lowest BCUT2D eigenvalue weighted by molar-refractivity contribution is -0.151. The molecule has 4 amide bonds. The summed E-state index contributed by atoms with van der Waals surface area (Å²) < 4.78 is 5.77. The van der Waals surface area contributed by atoms with Crippen LogP contribution >= 0.6 is 0 Å². The second kappa shape index (κ2) is 30.7. The van der Waals surface area contributed by atoms with Crippen molar-refractivity contribution in [1.29, 1.82) is 0 Å². The fourth-order valence-electron chi connectivity index (χ4n) is 7.47. The minimum atomic E-state index is -0.938. The lowest BCUT2D eigenvalue weighted by atomic mass is 10.1. The number of esters is 1. The molecular formula is C51H66N6O10. The Hall–Kier alpha value is -6.46. The van der Waals surface area contributed by atoms with E-state index in [2.05, 4.69) is 21.3 Å². The second-order valence-corrected chi connectivity index (χ2v) is 16.5. The lowest BCUT2D eigenvalue weighted by Crippen LogP contribution is -2.32. The Bertz CT molecular complexity index is 2100. The smallest absolute Gasteiger partial charge is 0.328 e. The molecule has 9 N–H and O–H groups in total. The summed E-state index contributed by atoms with van der Waals surface area (Å²) >= 11 is 0. The van der Waals surface area contributed by atoms with Crippen molar-refractivity contribution < 1.29 is 49.0 Å². The molecule has 0 aliphatic heterocycles. The molecule has 0 bridgehead atoms. The number of carbonyl (C=O) groups is 6. The minimum Gasteiger partial charge on any atom is -0.480 e. The number of hydrogen-bond acceptors (Lipinski definition) is 11. The van der Waals surface area contributed by atoms with Crippen molar-refractivity contribution in [2.24, 2.45) is 0 Å². The minimum absolute atomic E-state index is 0.0150. The first-order chi connectivity index (χ1) is 32.5. The molecular weight excluding hydrogens is 857 g/mol. The molecule has 1 aliphatic rings. The van der Waals surface area contributed by atoms with Crippen molar-refractivity contribution in [3.63, 3.8) is 0 Å². The third kappa shape index (κ3) is 21.2. The van der Waals surface area contributed by atoms with Gasteiger partial charge in [-0.1, -0.05) is 111 Å². The second-order valence-electron chi connectivity index (χ2n) is 16.5. The van der Waals surface area contributed by atoms with Crippen molar-refractivity contribution in [2.75, 3.05) is 10.6 Å². The van der Waals surface area contributed by atoms with Gasteiger partial charge in [0.25, 0.3) is 0 Å². The Morgan fingerprint density at radius 3 is 1.25 bits per heavy atom. The van der Waals surface area contributed by atoms with Crippen molar-refractivity contribution in [3.8, 4) is 0 Å². The highest BCUT2D eigenvalue weighted by Crippen LogP contribution is 2.25. The van der Waals surface area contributed by atoms with Crippen LogP contribution in [0.1, 0.15) is 137 Å². The molecule has 1 aliphatic carbocycles. The normalized spacial score (nSPS) is 13.0. The number of hydroxylamine groups is 2. The molecule has 0 aromatic heterocycles. The van der Waals surface area contributed by atoms with E-state index >= 15 is 0 Å². The molecule has 0 unspecified atom stereocenters. The predicted octanol–water partition coefficient (Wildman–Crippen LogP) is 8.17. The number of carboxylic acids is 1. The highest BCUT2D eigenvalue weighted by molar-refractivity contribution is 5.91. The molecule has 0 heterocycles. The van der Waals surface area contributed by atoms with E-state index in [0.29, 0.717) is 50.0 Å². The Morgan fingerprint density at radius 2 is 0.866 bits per heavy atom. The first-order valence-electron chi connectivity index (χ1n) is 23.2. The van der Waals surface area contributed by atoms with E-state index in [1.165, 1.54) is 0 Å². The van der Waals surface area contributed by atoms with Crippen LogP contribution in [0.4, 0.5) is 11.4 Å². The van der Waals surface area contributed by atoms with E-state index in [0.717, 1.165) is 86.6 Å². The number of hydrogen-bond donors (Lipinski definition) is 9. The number of amides is 4. The van der Waals surface area contributed by atoms with Crippen LogP contribution in [-0.2, 0) is 46.6 Å². The molecule has 4 aromatic carbocycles. The van der Waals surface area contributed by atoms with E-state index in [-0.39, 0.29) is 42.6 Å². The standard InChI is InChI=1S/C28H37N3O5.C23H29N3O5/c32-25(14-6-1-2-7-15-26(33)31-35)30-23-18-16-21(17-19-23)20-29-27(22-10-4-3-5-11-22)28(34)36-24-12-8-9-13-24;27-20(10-6-1-2-7-11-21(28)26-31)25-19-14-12-17(13-15-19)16-24-22(23(29)30)18-8-4-3-5-9-18/h3-5,10-11,16-19,24,27,29,35H,1-2,6-9,12-15,20H2,(H,30,32)(H,31,33);3-5,8-9,12-15,22,24,31H,1-2,6-7,10-11,16H2,(H,25,27)(H,26,28)(H,29,30)/t27-;22-/m00/s1. The summed E-state index contributed by atoms with van der Waals surface area (Å²) in [6, 6.07) is 32.1. The number of benzene rings is 4. The summed E-state index contributed by atoms with van der Waals surface area (Å²) in [5.41, 5.74) is 8.10. The average Bonchev–Trinajstić information content (AvgIpc) is 3.86. The topological polar surface area (TPSA) is 245 Å². The maximum Gasteiger partial charge on any atom is 0.328 e. The average molecular weight is 923 g/mol. The lowest BCUT2D eigenvalue weighted by Gasteiger charge is -2.21. The van der Waals surface area contributed by atoms with Crippen LogP contribution < -0.4 is 32.2 Å². The quantitative estimate of drug-likeness (QED) is 0.0119. The number of aliphatic carboxylic acids is 1. The van der Waals surface area contributed by atoms with Crippen LogP contribution in [0.5, 0.6) is 0 Å². The summed E-state index contributed by atoms with van der Waals surface area (Å²) in [6.07, 6.45) is 11.7. The fraction of sp³-hybridized carbons (Fsp3) is 0.412. The molecule has 1 saturated carbocycles. The molecule has 0 radical (unpaired) electrons. The van der Waals surface area contributed by atoms with Crippen LogP contribution in [0.25, 0.3) is 0 Å². The molecule has 16 heteroatoms. The Morgan fingerprint density at radius 1 is 0.493 bits per heavy atom. The Kier molecular flexibility index (Phi) is 24.3. The summed E-state index contributed by atoms with van der Waals surface area (Å²) in [7, 11) is 0. The molecule has 360 valence electrons. The van der Waals surface area contributed by atoms with Crippen LogP contribution in [-0.4, -0.2) is 57.2 Å². The van der Waals surface area contributed by atoms with E-state index in [1.807, 2.05) is 72.8 Å². The van der Waals surface area contributed by atoms with Gasteiger partial charge in [0.1, 0.15) is 18.2 Å². The maximum atomic E-state index is 12.9. The highest BCUT2D eigenvalue weighted by Gasteiger charge is 2.26. The monoisotopic (exact) mass is 922 g/mol. The van der Waals surface area contributed by atoms with Gasteiger partial charge in [0, 0.05) is 50.1 Å². The fourth-order valence-corrected chi connectivity index (χ4v) is 7.47. The Balaban J connectivity index is 0.000000296. The van der Waals surface area contributed by atoms with Gasteiger partial charge in [0.2, 0.25) is 23.6 Å². The van der Waals surface area contributed by atoms with E-state index < -0.39 is 24.0 Å². The first-order valence-corrected chi connectivity index (χ1v) is 23.2. The summed E-state index contributed by atoms with van der Waals surface area (Å²) in [4.78, 5) is 70.6. The molecule has 0 spiro atoms. The highest BCUT2D eigenvalue weighted by atomic mass is 16.5. The number of unbranched alkanes of at least 4 members (excludes halogenated alkanes) is 6. The molecule has 1 fully saturated rings. The number of anilines is 2. The molecule has 2 atom stereocenters. The summed E-state index contributed by atoms with van der Waals surface area (Å²) in [5.74, 6) is -2.08. The zero-order valence-electron chi connectivity index (χ0n) is 38.1. The van der Waals surface area contributed by atoms with Crippen molar-refractivity contribution in [1.82, 2.24) is 21.6 Å². The maximum absolute atomic E-state index is 12.9. The van der Waals surface area contributed by atoms with Gasteiger partial charge in [-0.05, 0) is 97.9 Å². The SMILES string of the molecule is O=C(CCCCCCC(=O)Nc1ccc(CN[C@H](C(=O)O)c2ccccc2)cc1)NO.O=C(CCCCCCC(=O)Nc1ccc(CN[C@H](C(=O)OC2CCCC2)c2ccccc2)cc1)NO. The Labute approximate surface area is 392 Å². The van der Waals surface area contributed by atoms with Gasteiger partial charge in [0.15, 0.2) is 0 Å². The summed E-state index contributed by atoms with van der Waals surface area (Å²) in [5, 5.41) is 38.5. The molecule has 0 saturated heterocycles. The van der Waals surface area contributed by atoms with Gasteiger partial charge in [0.05, 0.1) is 0 Å². The number of nitrogens with one attached hydrogen (secondary N) is 6.